The predicted molar refractivity (Wildman–Crippen MR) is 145 cm³/mol. The third-order valence-corrected chi connectivity index (χ3v) is 7.80. The first-order valence-electron chi connectivity index (χ1n) is 13.8. The quantitative estimate of drug-likeness (QED) is 0.443. The van der Waals surface area contributed by atoms with E-state index in [1.54, 1.807) is 17.0 Å². The molecule has 2 N–H and O–H groups in total. The monoisotopic (exact) mass is 520 g/mol. The van der Waals surface area contributed by atoms with Gasteiger partial charge in [0, 0.05) is 49.3 Å². The third-order valence-electron chi connectivity index (χ3n) is 7.80. The fourth-order valence-corrected chi connectivity index (χ4v) is 5.66. The van der Waals surface area contributed by atoms with E-state index >= 15 is 0 Å². The fraction of sp³-hybridized carbons (Fsp3) is 0.467. The molecule has 2 amide bonds. The summed E-state index contributed by atoms with van der Waals surface area (Å²) >= 11 is 0. The maximum Gasteiger partial charge on any atom is 0.247 e. The molecule has 5 rings (SSSR count). The van der Waals surface area contributed by atoms with E-state index in [0.717, 1.165) is 55.2 Å². The van der Waals surface area contributed by atoms with E-state index in [2.05, 4.69) is 15.2 Å². The Labute approximate surface area is 223 Å². The van der Waals surface area contributed by atoms with Crippen molar-refractivity contribution >= 4 is 22.7 Å². The number of carbonyl (C=O) groups excluding carboxylic acids is 2. The summed E-state index contributed by atoms with van der Waals surface area (Å²) in [6.45, 7) is 3.93. The molecule has 2 fully saturated rings. The van der Waals surface area contributed by atoms with Gasteiger partial charge in [-0.15, -0.1) is 0 Å². The van der Waals surface area contributed by atoms with Crippen molar-refractivity contribution in [1.82, 2.24) is 20.1 Å². The number of benzene rings is 2. The van der Waals surface area contributed by atoms with Crippen LogP contribution in [0.3, 0.4) is 0 Å². The van der Waals surface area contributed by atoms with Gasteiger partial charge in [-0.05, 0) is 42.2 Å². The molecule has 0 bridgehead atoms. The van der Waals surface area contributed by atoms with E-state index in [9.17, 15) is 14.0 Å². The van der Waals surface area contributed by atoms with Crippen molar-refractivity contribution in [1.29, 1.82) is 0 Å². The minimum atomic E-state index is -0.837. The lowest BCUT2D eigenvalue weighted by Gasteiger charge is -2.35. The molecule has 1 aliphatic carbocycles. The van der Waals surface area contributed by atoms with Crippen LogP contribution in [0.4, 0.5) is 4.39 Å². The minimum absolute atomic E-state index is 0.101. The standard InChI is InChI=1S/C30H37FN4O3/c31-24-12-10-22(11-13-24)29(30(37)33-25-6-2-1-3-7-25)35(15-14-34-16-18-38-19-17-34)28(36)20-23-21-32-27-9-5-4-8-26(23)27/h4-5,8-13,21,25,29,32H,1-3,6-7,14-20H2,(H,33,37)/t29-/m0/s1. The van der Waals surface area contributed by atoms with Gasteiger partial charge in [0.05, 0.1) is 19.6 Å². The molecule has 0 unspecified atom stereocenters. The van der Waals surface area contributed by atoms with Crippen LogP contribution in [-0.2, 0) is 20.7 Å². The number of ether oxygens (including phenoxy) is 1. The largest absolute Gasteiger partial charge is 0.379 e. The van der Waals surface area contributed by atoms with Gasteiger partial charge in [0.25, 0.3) is 0 Å². The summed E-state index contributed by atoms with van der Waals surface area (Å²) in [5.41, 5.74) is 2.49. The minimum Gasteiger partial charge on any atom is -0.379 e. The Balaban J connectivity index is 1.44. The van der Waals surface area contributed by atoms with E-state index in [4.69, 9.17) is 4.74 Å². The Hall–Kier alpha value is -3.23. The molecule has 1 atom stereocenters. The molecule has 2 aliphatic rings. The first-order chi connectivity index (χ1) is 18.6. The van der Waals surface area contributed by atoms with Crippen molar-refractivity contribution < 1.29 is 18.7 Å². The summed E-state index contributed by atoms with van der Waals surface area (Å²) in [5, 5.41) is 4.23. The Bertz CT molecular complexity index is 1220. The number of hydrogen-bond donors (Lipinski definition) is 2. The molecule has 8 heteroatoms. The average molecular weight is 521 g/mol. The number of hydrogen-bond acceptors (Lipinski definition) is 4. The highest BCUT2D eigenvalue weighted by Gasteiger charge is 2.33. The van der Waals surface area contributed by atoms with Gasteiger partial charge >= 0.3 is 0 Å². The van der Waals surface area contributed by atoms with Crippen LogP contribution >= 0.6 is 0 Å². The number of aromatic amines is 1. The number of aromatic nitrogens is 1. The van der Waals surface area contributed by atoms with Crippen LogP contribution in [0.15, 0.2) is 54.7 Å². The molecule has 0 spiro atoms. The molecular weight excluding hydrogens is 483 g/mol. The number of rotatable bonds is 9. The first kappa shape index (κ1) is 26.4. The second kappa shape index (κ2) is 12.5. The summed E-state index contributed by atoms with van der Waals surface area (Å²) in [6, 6.07) is 13.1. The lowest BCUT2D eigenvalue weighted by Crippen LogP contribution is -2.50. The molecule has 3 aromatic rings. The number of H-pyrrole nitrogens is 1. The van der Waals surface area contributed by atoms with Crippen molar-refractivity contribution in [2.45, 2.75) is 50.6 Å². The number of amides is 2. The topological polar surface area (TPSA) is 77.7 Å². The molecule has 38 heavy (non-hydrogen) atoms. The molecule has 1 saturated carbocycles. The van der Waals surface area contributed by atoms with Gasteiger partial charge in [-0.3, -0.25) is 14.5 Å². The Kier molecular flexibility index (Phi) is 8.71. The van der Waals surface area contributed by atoms with Gasteiger partial charge in [-0.25, -0.2) is 4.39 Å². The fourth-order valence-electron chi connectivity index (χ4n) is 5.66. The van der Waals surface area contributed by atoms with Crippen LogP contribution < -0.4 is 5.32 Å². The molecule has 1 saturated heterocycles. The first-order valence-corrected chi connectivity index (χ1v) is 13.8. The summed E-state index contributed by atoms with van der Waals surface area (Å²) in [7, 11) is 0. The van der Waals surface area contributed by atoms with E-state index in [0.29, 0.717) is 31.9 Å². The zero-order chi connectivity index (χ0) is 26.3. The molecule has 202 valence electrons. The van der Waals surface area contributed by atoms with Crippen LogP contribution in [0.5, 0.6) is 0 Å². The summed E-state index contributed by atoms with van der Waals surface area (Å²) < 4.78 is 19.4. The smallest absolute Gasteiger partial charge is 0.247 e. The molecule has 2 aromatic carbocycles. The van der Waals surface area contributed by atoms with Gasteiger partial charge in [-0.1, -0.05) is 49.6 Å². The maximum absolute atomic E-state index is 14.0. The normalized spacial score (nSPS) is 17.8. The van der Waals surface area contributed by atoms with E-state index in [1.807, 2.05) is 30.5 Å². The Morgan fingerprint density at radius 1 is 1.05 bits per heavy atom. The number of halogens is 1. The number of nitrogens with one attached hydrogen (secondary N) is 2. The molecule has 2 heterocycles. The van der Waals surface area contributed by atoms with Gasteiger partial charge in [-0.2, -0.15) is 0 Å². The zero-order valence-corrected chi connectivity index (χ0v) is 21.8. The molecule has 0 radical (unpaired) electrons. The van der Waals surface area contributed by atoms with Crippen molar-refractivity contribution in [3.8, 4) is 0 Å². The van der Waals surface area contributed by atoms with Gasteiger partial charge in [0.15, 0.2) is 0 Å². The van der Waals surface area contributed by atoms with Crippen molar-refractivity contribution in [2.75, 3.05) is 39.4 Å². The summed E-state index contributed by atoms with van der Waals surface area (Å²) in [6.07, 6.45) is 7.29. The number of morpholine rings is 1. The van der Waals surface area contributed by atoms with Crippen LogP contribution in [0, 0.1) is 5.82 Å². The maximum atomic E-state index is 14.0. The zero-order valence-electron chi connectivity index (χ0n) is 21.8. The van der Waals surface area contributed by atoms with Gasteiger partial charge in [0.1, 0.15) is 11.9 Å². The van der Waals surface area contributed by atoms with Crippen molar-refractivity contribution in [3.63, 3.8) is 0 Å². The number of carbonyl (C=O) groups is 2. The SMILES string of the molecule is O=C(NC1CCCCC1)[C@H](c1ccc(F)cc1)N(CCN1CCOCC1)C(=O)Cc1c[nH]c2ccccc12. The highest BCUT2D eigenvalue weighted by Crippen LogP contribution is 2.26. The summed E-state index contributed by atoms with van der Waals surface area (Å²) in [5.74, 6) is -0.695. The average Bonchev–Trinajstić information content (AvgIpc) is 3.35. The summed E-state index contributed by atoms with van der Waals surface area (Å²) in [4.78, 5) is 35.1. The van der Waals surface area contributed by atoms with E-state index < -0.39 is 6.04 Å². The molecular formula is C30H37FN4O3. The van der Waals surface area contributed by atoms with Gasteiger partial charge in [0.2, 0.25) is 11.8 Å². The van der Waals surface area contributed by atoms with E-state index in [1.165, 1.54) is 18.6 Å². The van der Waals surface area contributed by atoms with Crippen LogP contribution in [0.2, 0.25) is 0 Å². The number of para-hydroxylation sites is 1. The highest BCUT2D eigenvalue weighted by atomic mass is 19.1. The van der Waals surface area contributed by atoms with Crippen molar-refractivity contribution in [2.24, 2.45) is 0 Å². The molecule has 7 nitrogen and oxygen atoms in total. The van der Waals surface area contributed by atoms with E-state index in [-0.39, 0.29) is 30.1 Å². The van der Waals surface area contributed by atoms with Crippen molar-refractivity contribution in [3.05, 3.63) is 71.7 Å². The van der Waals surface area contributed by atoms with Crippen LogP contribution in [0.1, 0.15) is 49.3 Å². The molecule has 1 aliphatic heterocycles. The second-order valence-electron chi connectivity index (χ2n) is 10.4. The lowest BCUT2D eigenvalue weighted by molar-refractivity contribution is -0.141. The van der Waals surface area contributed by atoms with Gasteiger partial charge < -0.3 is 19.9 Å². The van der Waals surface area contributed by atoms with Crippen LogP contribution in [0.25, 0.3) is 10.9 Å². The number of nitrogens with zero attached hydrogens (tertiary/aromatic N) is 2. The predicted octanol–water partition coefficient (Wildman–Crippen LogP) is 4.20. The lowest BCUT2D eigenvalue weighted by atomic mass is 9.94. The number of fused-ring (bicyclic) bond motifs is 1. The molecule has 1 aromatic heterocycles. The highest BCUT2D eigenvalue weighted by molar-refractivity contribution is 5.92. The second-order valence-corrected chi connectivity index (χ2v) is 10.4. The third kappa shape index (κ3) is 6.42. The van der Waals surface area contributed by atoms with Crippen LogP contribution in [-0.4, -0.2) is 72.0 Å². The Morgan fingerprint density at radius 3 is 2.55 bits per heavy atom. The Morgan fingerprint density at radius 2 is 1.79 bits per heavy atom.